The number of aromatic nitrogens is 1. The van der Waals surface area contributed by atoms with Gasteiger partial charge in [-0.25, -0.2) is 4.98 Å². The molecule has 0 spiro atoms. The van der Waals surface area contributed by atoms with E-state index in [0.717, 1.165) is 21.7 Å². The Kier molecular flexibility index (Phi) is 3.89. The molecule has 0 amide bonds. The smallest absolute Gasteiger partial charge is 0.0999 e. The highest BCUT2D eigenvalue weighted by Gasteiger charge is 2.06. The first-order valence-electron chi connectivity index (χ1n) is 6.74. The summed E-state index contributed by atoms with van der Waals surface area (Å²) in [6, 6.07) is 20.4. The first kappa shape index (κ1) is 13.7. The normalized spacial score (nSPS) is 10.5. The first-order chi connectivity index (χ1) is 10.3. The van der Waals surface area contributed by atoms with Gasteiger partial charge in [-0.2, -0.15) is 5.26 Å². The van der Waals surface area contributed by atoms with E-state index in [1.807, 2.05) is 30.3 Å². The van der Waals surface area contributed by atoms with E-state index in [-0.39, 0.29) is 0 Å². The summed E-state index contributed by atoms with van der Waals surface area (Å²) in [6.45, 7) is 2.09. The molecule has 0 fully saturated rings. The van der Waals surface area contributed by atoms with E-state index >= 15 is 0 Å². The summed E-state index contributed by atoms with van der Waals surface area (Å²) in [4.78, 5) is 4.63. The molecule has 21 heavy (non-hydrogen) atoms. The summed E-state index contributed by atoms with van der Waals surface area (Å²) in [5.74, 6) is 0.859. The number of fused-ring (bicyclic) bond motifs is 1. The van der Waals surface area contributed by atoms with Gasteiger partial charge in [-0.3, -0.25) is 0 Å². The summed E-state index contributed by atoms with van der Waals surface area (Å²) < 4.78 is 0. The highest BCUT2D eigenvalue weighted by Crippen LogP contribution is 2.26. The number of para-hydroxylation sites is 1. The largest absolute Gasteiger partial charge is 0.241 e. The molecule has 0 radical (unpaired) electrons. The van der Waals surface area contributed by atoms with Crippen molar-refractivity contribution in [2.24, 2.45) is 0 Å². The molecule has 1 aromatic heterocycles. The minimum Gasteiger partial charge on any atom is -0.241 e. The van der Waals surface area contributed by atoms with Crippen LogP contribution in [0.5, 0.6) is 0 Å². The van der Waals surface area contributed by atoms with Gasteiger partial charge in [-0.05, 0) is 24.6 Å². The zero-order valence-electron chi connectivity index (χ0n) is 11.7. The van der Waals surface area contributed by atoms with Crippen LogP contribution in [0.4, 0.5) is 0 Å². The number of nitrogens with zero attached hydrogens (tertiary/aromatic N) is 2. The van der Waals surface area contributed by atoms with E-state index in [0.29, 0.717) is 5.56 Å². The van der Waals surface area contributed by atoms with Crippen molar-refractivity contribution < 1.29 is 0 Å². The third-order valence-electron chi connectivity index (χ3n) is 3.28. The fourth-order valence-electron chi connectivity index (χ4n) is 2.28. The van der Waals surface area contributed by atoms with Crippen LogP contribution < -0.4 is 0 Å². The second kappa shape index (κ2) is 5.99. The van der Waals surface area contributed by atoms with Crippen molar-refractivity contribution in [3.05, 3.63) is 71.3 Å². The molecule has 0 unspecified atom stereocenters. The number of hydrogen-bond acceptors (Lipinski definition) is 3. The Labute approximate surface area is 128 Å². The maximum Gasteiger partial charge on any atom is 0.0999 e. The van der Waals surface area contributed by atoms with Gasteiger partial charge in [0.2, 0.25) is 0 Å². The molecule has 0 bridgehead atoms. The molecular weight excluding hydrogens is 276 g/mol. The summed E-state index contributed by atoms with van der Waals surface area (Å²) in [6.07, 6.45) is 0. The highest BCUT2D eigenvalue weighted by atomic mass is 32.2. The molecular formula is C18H14N2S. The molecule has 0 aliphatic heterocycles. The number of nitriles is 1. The lowest BCUT2D eigenvalue weighted by Gasteiger charge is -2.05. The Hall–Kier alpha value is -2.31. The van der Waals surface area contributed by atoms with Crippen LogP contribution in [0.3, 0.4) is 0 Å². The van der Waals surface area contributed by atoms with Gasteiger partial charge in [-0.15, -0.1) is 11.8 Å². The third-order valence-corrected chi connectivity index (χ3v) is 4.26. The van der Waals surface area contributed by atoms with Crippen molar-refractivity contribution in [3.8, 4) is 6.07 Å². The highest BCUT2D eigenvalue weighted by molar-refractivity contribution is 7.98. The average molecular weight is 290 g/mol. The summed E-state index contributed by atoms with van der Waals surface area (Å²) in [5, 5.41) is 11.1. The Bertz CT molecular complexity index is 834. The molecule has 0 aliphatic rings. The molecule has 0 N–H and O–H groups in total. The zero-order chi connectivity index (χ0) is 14.7. The summed E-state index contributed by atoms with van der Waals surface area (Å²) in [5.41, 5.74) is 4.10. The lowest BCUT2D eigenvalue weighted by Crippen LogP contribution is -1.89. The van der Waals surface area contributed by atoms with Crippen LogP contribution in [0.15, 0.2) is 59.6 Å². The van der Waals surface area contributed by atoms with Crippen molar-refractivity contribution in [1.29, 1.82) is 5.26 Å². The number of rotatable bonds is 3. The standard InChI is InChI=1S/C18H14N2S/c1-13-5-4-6-14(9-13)12-21-18-10-15(11-19)16-7-2-3-8-17(16)20-18/h2-10H,12H2,1H3. The van der Waals surface area contributed by atoms with E-state index in [4.69, 9.17) is 0 Å². The van der Waals surface area contributed by atoms with E-state index in [1.54, 1.807) is 11.8 Å². The van der Waals surface area contributed by atoms with Crippen molar-refractivity contribution in [3.63, 3.8) is 0 Å². The fourth-order valence-corrected chi connectivity index (χ4v) is 3.13. The van der Waals surface area contributed by atoms with Gasteiger partial charge in [0.05, 0.1) is 22.2 Å². The Balaban J connectivity index is 1.89. The van der Waals surface area contributed by atoms with Crippen LogP contribution in [0.1, 0.15) is 16.7 Å². The van der Waals surface area contributed by atoms with Gasteiger partial charge in [0.25, 0.3) is 0 Å². The molecule has 3 aromatic rings. The minimum absolute atomic E-state index is 0.687. The second-order valence-corrected chi connectivity index (χ2v) is 5.91. The molecule has 0 saturated heterocycles. The Morgan fingerprint density at radius 1 is 1.10 bits per heavy atom. The van der Waals surface area contributed by atoms with Crippen LogP contribution in [0, 0.1) is 18.3 Å². The lowest BCUT2D eigenvalue weighted by atomic mass is 10.1. The van der Waals surface area contributed by atoms with Crippen molar-refractivity contribution >= 4 is 22.7 Å². The van der Waals surface area contributed by atoms with Crippen LogP contribution in [-0.4, -0.2) is 4.98 Å². The predicted molar refractivity (Wildman–Crippen MR) is 87.2 cm³/mol. The molecule has 1 heterocycles. The van der Waals surface area contributed by atoms with Gasteiger partial charge in [0.1, 0.15) is 0 Å². The maximum absolute atomic E-state index is 9.29. The van der Waals surface area contributed by atoms with Gasteiger partial charge >= 0.3 is 0 Å². The number of thioether (sulfide) groups is 1. The topological polar surface area (TPSA) is 36.7 Å². The van der Waals surface area contributed by atoms with E-state index in [1.165, 1.54) is 11.1 Å². The van der Waals surface area contributed by atoms with Crippen LogP contribution in [-0.2, 0) is 5.75 Å². The summed E-state index contributed by atoms with van der Waals surface area (Å²) >= 11 is 1.66. The van der Waals surface area contributed by atoms with E-state index < -0.39 is 0 Å². The molecule has 3 heteroatoms. The molecule has 0 aliphatic carbocycles. The van der Waals surface area contributed by atoms with Gasteiger partial charge in [0.15, 0.2) is 0 Å². The van der Waals surface area contributed by atoms with E-state index in [2.05, 4.69) is 42.2 Å². The van der Waals surface area contributed by atoms with E-state index in [9.17, 15) is 5.26 Å². The van der Waals surface area contributed by atoms with Crippen LogP contribution in [0.25, 0.3) is 10.9 Å². The number of hydrogen-bond donors (Lipinski definition) is 0. The number of aryl methyl sites for hydroxylation is 1. The minimum atomic E-state index is 0.687. The van der Waals surface area contributed by atoms with Gasteiger partial charge in [-0.1, -0.05) is 48.0 Å². The SMILES string of the molecule is Cc1cccc(CSc2cc(C#N)c3ccccc3n2)c1. The quantitative estimate of drug-likeness (QED) is 0.656. The molecule has 0 atom stereocenters. The number of pyridine rings is 1. The predicted octanol–water partition coefficient (Wildman–Crippen LogP) is 4.71. The van der Waals surface area contributed by atoms with Crippen LogP contribution in [0.2, 0.25) is 0 Å². The van der Waals surface area contributed by atoms with Crippen LogP contribution >= 0.6 is 11.8 Å². The molecule has 102 valence electrons. The zero-order valence-corrected chi connectivity index (χ0v) is 12.5. The molecule has 0 saturated carbocycles. The average Bonchev–Trinajstić information content (AvgIpc) is 2.52. The van der Waals surface area contributed by atoms with Crippen molar-refractivity contribution in [1.82, 2.24) is 4.98 Å². The molecule has 3 rings (SSSR count). The van der Waals surface area contributed by atoms with Crippen molar-refractivity contribution in [2.75, 3.05) is 0 Å². The monoisotopic (exact) mass is 290 g/mol. The maximum atomic E-state index is 9.29. The fraction of sp³-hybridized carbons (Fsp3) is 0.111. The van der Waals surface area contributed by atoms with Gasteiger partial charge < -0.3 is 0 Å². The third kappa shape index (κ3) is 3.07. The summed E-state index contributed by atoms with van der Waals surface area (Å²) in [7, 11) is 0. The lowest BCUT2D eigenvalue weighted by molar-refractivity contribution is 1.17. The first-order valence-corrected chi connectivity index (χ1v) is 7.73. The van der Waals surface area contributed by atoms with Crippen molar-refractivity contribution in [2.45, 2.75) is 17.7 Å². The van der Waals surface area contributed by atoms with Gasteiger partial charge in [0, 0.05) is 11.1 Å². The molecule has 2 aromatic carbocycles. The number of benzene rings is 2. The molecule has 2 nitrogen and oxygen atoms in total. The second-order valence-electron chi connectivity index (χ2n) is 4.91. The Morgan fingerprint density at radius 2 is 1.95 bits per heavy atom. The Morgan fingerprint density at radius 3 is 2.76 bits per heavy atom.